The van der Waals surface area contributed by atoms with Crippen LogP contribution in [0, 0.1) is 0 Å². The zero-order chi connectivity index (χ0) is 86.6. The van der Waals surface area contributed by atoms with Gasteiger partial charge in [0.2, 0.25) is 17.8 Å². The van der Waals surface area contributed by atoms with E-state index < -0.39 is 0 Å². The number of benzene rings is 18. The second-order valence-electron chi connectivity index (χ2n) is 33.6. The monoisotopic (exact) mass is 1690 g/mol. The summed E-state index contributed by atoms with van der Waals surface area (Å²) >= 11 is 0. The zero-order valence-electron chi connectivity index (χ0n) is 70.7. The third-order valence-electron chi connectivity index (χ3n) is 26.2. The Bertz CT molecular complexity index is 9370. The van der Waals surface area contributed by atoms with Crippen molar-refractivity contribution in [3.8, 4) is 125 Å². The molecule has 0 aliphatic carbocycles. The number of hydrogen-bond acceptors (Lipinski definition) is 9. The summed E-state index contributed by atoms with van der Waals surface area (Å²) in [6, 6.07) is 152. The fourth-order valence-corrected chi connectivity index (χ4v) is 20.2. The van der Waals surface area contributed by atoms with Gasteiger partial charge in [0.25, 0.3) is 0 Å². The van der Waals surface area contributed by atoms with Gasteiger partial charge in [-0.1, -0.05) is 328 Å². The van der Waals surface area contributed by atoms with Crippen LogP contribution < -0.4 is 0 Å². The Hall–Kier alpha value is -18.2. The molecule has 0 radical (unpaired) electrons. The number of fused-ring (bicyclic) bond motifs is 20. The summed E-state index contributed by atoms with van der Waals surface area (Å²) in [6.07, 6.45) is 0. The van der Waals surface area contributed by atoms with E-state index in [0.29, 0.717) is 52.8 Å². The summed E-state index contributed by atoms with van der Waals surface area (Å²) in [6.45, 7) is 0. The van der Waals surface area contributed by atoms with Crippen LogP contribution in [-0.2, 0) is 0 Å². The molecule has 18 aromatic carbocycles. The van der Waals surface area contributed by atoms with Crippen molar-refractivity contribution in [2.75, 3.05) is 0 Å². The number of nitrogens with zero attached hydrogens (tertiary/aromatic N) is 15. The molecular formula is C117H71N15. The van der Waals surface area contributed by atoms with Crippen LogP contribution in [0.4, 0.5) is 0 Å². The fourth-order valence-electron chi connectivity index (χ4n) is 20.2. The van der Waals surface area contributed by atoms with Crippen LogP contribution in [0.5, 0.6) is 0 Å². The highest BCUT2D eigenvalue weighted by molar-refractivity contribution is 6.27. The average Bonchev–Trinajstić information content (AvgIpc) is 1.55. The highest BCUT2D eigenvalue weighted by Crippen LogP contribution is 2.48. The highest BCUT2D eigenvalue weighted by Gasteiger charge is 2.29. The molecule has 27 rings (SSSR count). The predicted molar refractivity (Wildman–Crippen MR) is 536 cm³/mol. The molecule has 0 atom stereocenters. The summed E-state index contributed by atoms with van der Waals surface area (Å²) in [7, 11) is 0. The lowest BCUT2D eigenvalue weighted by molar-refractivity contribution is 0.953. The van der Waals surface area contributed by atoms with Gasteiger partial charge in [0.15, 0.2) is 34.9 Å². The van der Waals surface area contributed by atoms with Gasteiger partial charge in [0, 0.05) is 115 Å². The minimum Gasteiger partial charge on any atom is -0.309 e. The maximum Gasteiger partial charge on any atom is 0.238 e. The van der Waals surface area contributed by atoms with E-state index in [4.69, 9.17) is 44.9 Å². The molecule has 9 aromatic heterocycles. The standard InChI is InChI=1S/C117H71N15/c1-7-30-74(31-8-1)109-118-112(122-115(121-109)130-98-51-26-22-47-88(98)95-70-103-94(71-104(95)130)87-46-21-24-49-96(87)128(103)83-40-15-5-16-41-83)77-60-56-73(57-61-77)80-62-66-101-93(69-80)91-64-63-90-86-45-19-25-50-97(86)129(84-42-17-6-18-43-84)107(90)108(91)132(101)117-124-111(76-34-11-3-12-35-76)120-114(126-117)81-37-29-36-79(68-81)72-54-58-78(59-55-72)113-119-110(75-32-9-2-10-33-75)123-116(125-113)131-99-52-27-20-44-85(99)89-65-67-102-105(106(89)131)92-48-23-28-53-100(92)127(102)82-38-13-4-14-39-82/h1-71H. The fraction of sp³-hybridized carbons (Fsp3) is 0. The second kappa shape index (κ2) is 29.7. The SMILES string of the molecule is c1ccc(-c2nc(-c3ccc(-c4ccc5c(c4)c4ccc6c7ccccc7n(-c7ccccc7)c6c4n5-c4nc(-c5ccccc5)nc(-c5cccc(-c6ccc(-c7nc(-c8ccccc8)nc(-n8c9ccccc9c9ccc%10c(c%11ccccc%11n%10-c%10ccccc%10)c98)n7)cc6)c5)n4)cc3)nc(-n3c4ccccc4c4cc5c(cc43)c3ccccc3n5-c3ccccc3)n2)cc1. The number of aromatic nitrogens is 15. The first-order chi connectivity index (χ1) is 65.5. The molecule has 0 saturated heterocycles. The van der Waals surface area contributed by atoms with Gasteiger partial charge in [0.05, 0.1) is 66.2 Å². The van der Waals surface area contributed by atoms with Crippen LogP contribution >= 0.6 is 0 Å². The smallest absolute Gasteiger partial charge is 0.238 e. The lowest BCUT2D eigenvalue weighted by atomic mass is 10.0. The van der Waals surface area contributed by atoms with E-state index in [-0.39, 0.29) is 0 Å². The normalized spacial score (nSPS) is 11.9. The number of para-hydroxylation sites is 8. The first-order valence-electron chi connectivity index (χ1n) is 44.3. The molecule has 15 nitrogen and oxygen atoms in total. The van der Waals surface area contributed by atoms with Crippen molar-refractivity contribution in [1.29, 1.82) is 0 Å². The lowest BCUT2D eigenvalue weighted by Crippen LogP contribution is -2.07. The molecule has 0 amide bonds. The van der Waals surface area contributed by atoms with E-state index in [1.165, 1.54) is 0 Å². The van der Waals surface area contributed by atoms with Gasteiger partial charge < -0.3 is 13.7 Å². The minimum atomic E-state index is 0.468. The maximum atomic E-state index is 5.69. The third kappa shape index (κ3) is 11.7. The second-order valence-corrected chi connectivity index (χ2v) is 33.6. The van der Waals surface area contributed by atoms with E-state index in [9.17, 15) is 0 Å². The number of rotatable bonds is 14. The van der Waals surface area contributed by atoms with Gasteiger partial charge in [0.1, 0.15) is 0 Å². The third-order valence-corrected chi connectivity index (χ3v) is 26.2. The summed E-state index contributed by atoms with van der Waals surface area (Å²) < 4.78 is 13.9. The molecule has 0 aliphatic heterocycles. The Labute approximate surface area is 754 Å². The van der Waals surface area contributed by atoms with Crippen molar-refractivity contribution < 1.29 is 0 Å². The van der Waals surface area contributed by atoms with E-state index in [1.54, 1.807) is 0 Å². The van der Waals surface area contributed by atoms with Gasteiger partial charge >= 0.3 is 0 Å². The molecule has 132 heavy (non-hydrogen) atoms. The van der Waals surface area contributed by atoms with Gasteiger partial charge in [-0.15, -0.1) is 0 Å². The molecule has 0 aliphatic rings. The summed E-state index contributed by atoms with van der Waals surface area (Å²) in [4.78, 5) is 49.1. The van der Waals surface area contributed by atoms with Gasteiger partial charge in [-0.05, 0) is 125 Å². The van der Waals surface area contributed by atoms with Crippen molar-refractivity contribution in [1.82, 2.24) is 72.3 Å². The van der Waals surface area contributed by atoms with Crippen LogP contribution in [0.3, 0.4) is 0 Å². The molecule has 0 N–H and O–H groups in total. The van der Waals surface area contributed by atoms with Crippen LogP contribution in [0.1, 0.15) is 0 Å². The predicted octanol–water partition coefficient (Wildman–Crippen LogP) is 28.2. The Kier molecular flexibility index (Phi) is 16.7. The molecule has 27 aromatic rings. The summed E-state index contributed by atoms with van der Waals surface area (Å²) in [5, 5.41) is 13.2. The highest BCUT2D eigenvalue weighted by atomic mass is 15.2. The van der Waals surface area contributed by atoms with Crippen LogP contribution in [0.2, 0.25) is 0 Å². The van der Waals surface area contributed by atoms with E-state index in [0.717, 1.165) is 204 Å². The minimum absolute atomic E-state index is 0.468. The molecule has 0 spiro atoms. The first kappa shape index (κ1) is 74.1. The molecule has 0 unspecified atom stereocenters. The number of hydrogen-bond donors (Lipinski definition) is 0. The van der Waals surface area contributed by atoms with Crippen molar-refractivity contribution in [3.63, 3.8) is 0 Å². The quantitative estimate of drug-likeness (QED) is 0.104. The van der Waals surface area contributed by atoms with Crippen molar-refractivity contribution in [2.45, 2.75) is 0 Å². The molecule has 0 fully saturated rings. The average molecular weight is 1690 g/mol. The molecular weight excluding hydrogens is 1620 g/mol. The molecule has 15 heteroatoms. The molecule has 0 bridgehead atoms. The van der Waals surface area contributed by atoms with Gasteiger partial charge in [-0.2, -0.15) is 29.9 Å². The Morgan fingerprint density at radius 2 is 0.402 bits per heavy atom. The Morgan fingerprint density at radius 1 is 0.129 bits per heavy atom. The first-order valence-corrected chi connectivity index (χ1v) is 44.3. The van der Waals surface area contributed by atoms with Gasteiger partial charge in [-0.3, -0.25) is 13.7 Å². The van der Waals surface area contributed by atoms with Crippen LogP contribution in [0.15, 0.2) is 431 Å². The zero-order valence-corrected chi connectivity index (χ0v) is 70.7. The van der Waals surface area contributed by atoms with Crippen molar-refractivity contribution >= 4 is 131 Å². The Morgan fingerprint density at radius 3 is 0.886 bits per heavy atom. The van der Waals surface area contributed by atoms with Crippen molar-refractivity contribution in [3.05, 3.63) is 431 Å². The van der Waals surface area contributed by atoms with E-state index in [1.807, 2.05) is 54.6 Å². The lowest BCUT2D eigenvalue weighted by Gasteiger charge is -2.14. The van der Waals surface area contributed by atoms with E-state index in [2.05, 4.69) is 404 Å². The van der Waals surface area contributed by atoms with E-state index >= 15 is 0 Å². The van der Waals surface area contributed by atoms with Gasteiger partial charge in [-0.25, -0.2) is 15.0 Å². The maximum absolute atomic E-state index is 5.69. The Balaban J connectivity index is 0.589. The molecule has 0 saturated carbocycles. The summed E-state index contributed by atoms with van der Waals surface area (Å²) in [5.74, 6) is 4.78. The van der Waals surface area contributed by atoms with Crippen molar-refractivity contribution in [2.24, 2.45) is 0 Å². The summed E-state index contributed by atoms with van der Waals surface area (Å²) in [5.41, 5.74) is 24.8. The largest absolute Gasteiger partial charge is 0.309 e. The van der Waals surface area contributed by atoms with Crippen LogP contribution in [-0.4, -0.2) is 72.3 Å². The molecule has 9 heterocycles. The topological polar surface area (TPSA) is 146 Å². The van der Waals surface area contributed by atoms with Crippen LogP contribution in [0.25, 0.3) is 256 Å². The molecule has 614 valence electrons.